The molecule has 0 saturated carbocycles. The lowest BCUT2D eigenvalue weighted by Crippen LogP contribution is -2.81. The average molecular weight is 619 g/mol. The zero-order chi connectivity index (χ0) is 31.6. The molecule has 6 aromatic carbocycles. The maximum atomic E-state index is 8.55. The molecule has 0 aliphatic rings. The summed E-state index contributed by atoms with van der Waals surface area (Å²) in [5.74, 6) is 0. The van der Waals surface area contributed by atoms with Gasteiger partial charge in [-0.2, -0.15) is 0 Å². The molecule has 0 aliphatic carbocycles. The lowest BCUT2D eigenvalue weighted by molar-refractivity contribution is 0.600. The van der Waals surface area contributed by atoms with E-state index in [0.717, 1.165) is 0 Å². The minimum atomic E-state index is -3.19. The molecule has 0 N–H and O–H groups in total. The molecule has 6 rings (SSSR count). The highest BCUT2D eigenvalue weighted by atomic mass is 28.4. The van der Waals surface area contributed by atoms with Crippen LogP contribution in [0.5, 0.6) is 0 Å². The Kier molecular flexibility index (Phi) is 8.61. The molecule has 0 atom stereocenters. The number of hydrogen-bond acceptors (Lipinski definition) is 1. The molecule has 45 heavy (non-hydrogen) atoms. The van der Waals surface area contributed by atoms with Gasteiger partial charge in [-0.15, -0.1) is 0 Å². The van der Waals surface area contributed by atoms with Gasteiger partial charge in [-0.05, 0) is 72.7 Å². The normalized spacial score (nSPS) is 11.9. The van der Waals surface area contributed by atoms with Crippen molar-refractivity contribution in [3.05, 3.63) is 179 Å². The Hall–Kier alpha value is -4.29. The van der Waals surface area contributed by atoms with E-state index < -0.39 is 16.6 Å². The second-order valence-corrected chi connectivity index (χ2v) is 19.7. The molecule has 0 fully saturated rings. The fourth-order valence-corrected chi connectivity index (χ4v) is 18.0. The predicted molar refractivity (Wildman–Crippen MR) is 197 cm³/mol. The lowest BCUT2D eigenvalue weighted by atomic mass is 10.2. The van der Waals surface area contributed by atoms with E-state index in [-0.39, 0.29) is 0 Å². The van der Waals surface area contributed by atoms with Gasteiger partial charge in [0.1, 0.15) is 0 Å². The van der Waals surface area contributed by atoms with Gasteiger partial charge >= 0.3 is 0 Å². The second kappa shape index (κ2) is 12.6. The Bertz CT molecular complexity index is 1610. The zero-order valence-corrected chi connectivity index (χ0v) is 29.3. The van der Waals surface area contributed by atoms with E-state index in [9.17, 15) is 0 Å². The first-order valence-corrected chi connectivity index (χ1v) is 19.7. The van der Waals surface area contributed by atoms with Crippen LogP contribution in [0.4, 0.5) is 0 Å². The molecule has 224 valence electrons. The predicted octanol–water partition coefficient (Wildman–Crippen LogP) is 6.19. The first kappa shape index (κ1) is 30.7. The van der Waals surface area contributed by atoms with Gasteiger partial charge in [0.2, 0.25) is 0 Å². The van der Waals surface area contributed by atoms with Gasteiger partial charge in [-0.25, -0.2) is 0 Å². The van der Waals surface area contributed by atoms with Crippen molar-refractivity contribution >= 4 is 47.8 Å². The quantitative estimate of drug-likeness (QED) is 0.146. The molecule has 0 aliphatic heterocycles. The Morgan fingerprint density at radius 1 is 0.289 bits per heavy atom. The summed E-state index contributed by atoms with van der Waals surface area (Å²) in [6.45, 7) is 13.2. The molecule has 1 nitrogen and oxygen atoms in total. The van der Waals surface area contributed by atoms with Crippen LogP contribution in [0.3, 0.4) is 0 Å². The Balaban J connectivity index is 1.83. The number of benzene rings is 6. The number of hydrogen-bond donors (Lipinski definition) is 0. The van der Waals surface area contributed by atoms with Crippen molar-refractivity contribution in [2.24, 2.45) is 0 Å². The van der Waals surface area contributed by atoms with E-state index in [1.807, 2.05) is 0 Å². The van der Waals surface area contributed by atoms with E-state index in [2.05, 4.69) is 187 Å². The molecule has 0 radical (unpaired) electrons. The van der Waals surface area contributed by atoms with Gasteiger partial charge in [0, 0.05) is 0 Å². The van der Waals surface area contributed by atoms with Crippen molar-refractivity contribution < 1.29 is 4.12 Å². The summed E-state index contributed by atoms with van der Waals surface area (Å²) in [6, 6.07) is 54.5. The first-order chi connectivity index (χ1) is 21.7. The molecule has 0 heterocycles. The summed E-state index contributed by atoms with van der Waals surface area (Å²) in [5, 5.41) is 7.60. The summed E-state index contributed by atoms with van der Waals surface area (Å²) >= 11 is 0. The fourth-order valence-electron chi connectivity index (χ4n) is 6.77. The van der Waals surface area contributed by atoms with Crippen molar-refractivity contribution in [3.63, 3.8) is 0 Å². The van der Waals surface area contributed by atoms with Gasteiger partial charge in [-0.3, -0.25) is 0 Å². The van der Waals surface area contributed by atoms with Gasteiger partial charge < -0.3 is 4.12 Å². The molecule has 0 amide bonds. The smallest absolute Gasteiger partial charge is 0.278 e. The van der Waals surface area contributed by atoms with Crippen molar-refractivity contribution in [2.75, 3.05) is 0 Å². The first-order valence-electron chi connectivity index (χ1n) is 15.8. The minimum absolute atomic E-state index is 1.24. The summed E-state index contributed by atoms with van der Waals surface area (Å²) in [6.07, 6.45) is 0. The van der Waals surface area contributed by atoms with Crippen molar-refractivity contribution in [3.8, 4) is 0 Å². The van der Waals surface area contributed by atoms with Crippen LogP contribution in [-0.2, 0) is 4.12 Å². The van der Waals surface area contributed by atoms with Crippen LogP contribution < -0.4 is 31.1 Å². The van der Waals surface area contributed by atoms with Gasteiger partial charge in [0.25, 0.3) is 16.6 Å². The zero-order valence-electron chi connectivity index (χ0n) is 27.3. The summed E-state index contributed by atoms with van der Waals surface area (Å²) in [5.41, 5.74) is 7.43. The van der Waals surface area contributed by atoms with Crippen LogP contribution in [0, 0.1) is 41.5 Å². The maximum absolute atomic E-state index is 8.55. The van der Waals surface area contributed by atoms with Crippen LogP contribution in [0.2, 0.25) is 0 Å². The Morgan fingerprint density at radius 3 is 0.622 bits per heavy atom. The van der Waals surface area contributed by atoms with Gasteiger partial charge in [0.05, 0.1) is 0 Å². The van der Waals surface area contributed by atoms with E-state index in [4.69, 9.17) is 4.12 Å². The SMILES string of the molecule is Cc1cccc([Si](O[Si](c2cccc(C)c2)(c2cccc(C)c2)c2cccc(C)c2)(c2cccc(C)c2)c2cccc(C)c2)c1. The monoisotopic (exact) mass is 618 g/mol. The van der Waals surface area contributed by atoms with E-state index >= 15 is 0 Å². The molecule has 0 aromatic heterocycles. The third-order valence-electron chi connectivity index (χ3n) is 8.85. The topological polar surface area (TPSA) is 9.23 Å². The number of rotatable bonds is 8. The van der Waals surface area contributed by atoms with Crippen molar-refractivity contribution in [2.45, 2.75) is 41.5 Å². The molecule has 0 unspecified atom stereocenters. The molecule has 3 heteroatoms. The Morgan fingerprint density at radius 2 is 0.467 bits per heavy atom. The van der Waals surface area contributed by atoms with Crippen LogP contribution in [0.25, 0.3) is 0 Å². The summed E-state index contributed by atoms with van der Waals surface area (Å²) in [4.78, 5) is 0. The maximum Gasteiger partial charge on any atom is 0.278 e. The van der Waals surface area contributed by atoms with Crippen molar-refractivity contribution in [1.82, 2.24) is 0 Å². The van der Waals surface area contributed by atoms with Crippen LogP contribution in [-0.4, -0.2) is 16.6 Å². The average Bonchev–Trinajstić information content (AvgIpc) is 3.02. The lowest BCUT2D eigenvalue weighted by Gasteiger charge is -2.44. The van der Waals surface area contributed by atoms with Crippen LogP contribution in [0.1, 0.15) is 33.4 Å². The van der Waals surface area contributed by atoms with Crippen LogP contribution >= 0.6 is 0 Å². The molecule has 0 spiro atoms. The molecular weight excluding hydrogens is 577 g/mol. The highest BCUT2D eigenvalue weighted by Gasteiger charge is 2.53. The third kappa shape index (κ3) is 5.92. The van der Waals surface area contributed by atoms with Crippen LogP contribution in [0.15, 0.2) is 146 Å². The summed E-state index contributed by atoms with van der Waals surface area (Å²) < 4.78 is 8.55. The second-order valence-electron chi connectivity index (χ2n) is 12.7. The van der Waals surface area contributed by atoms with E-state index in [1.54, 1.807) is 0 Å². The highest BCUT2D eigenvalue weighted by molar-refractivity contribution is 7.18. The standard InChI is InChI=1S/C42H42OSi2/c1-31-13-7-19-37(25-31)44(38-20-8-14-32(2)26-38,39-21-9-15-33(3)27-39)43-45(40-22-10-16-34(4)28-40,41-23-11-17-35(5)29-41)42-24-12-18-36(6)30-42/h7-30H,1-6H3. The largest absolute Gasteiger partial charge is 0.435 e. The van der Waals surface area contributed by atoms with E-state index in [1.165, 1.54) is 64.5 Å². The molecule has 0 saturated heterocycles. The van der Waals surface area contributed by atoms with Gasteiger partial charge in [-0.1, -0.05) is 179 Å². The molecule has 0 bridgehead atoms. The molecular formula is C42H42OSi2. The highest BCUT2D eigenvalue weighted by Crippen LogP contribution is 2.21. The third-order valence-corrected chi connectivity index (χ3v) is 18.0. The van der Waals surface area contributed by atoms with Crippen molar-refractivity contribution in [1.29, 1.82) is 0 Å². The Labute approximate surface area is 271 Å². The fraction of sp³-hybridized carbons (Fsp3) is 0.143. The van der Waals surface area contributed by atoms with E-state index in [0.29, 0.717) is 0 Å². The van der Waals surface area contributed by atoms with Gasteiger partial charge in [0.15, 0.2) is 0 Å². The number of aryl methyl sites for hydroxylation is 6. The molecule has 6 aromatic rings. The summed E-state index contributed by atoms with van der Waals surface area (Å²) in [7, 11) is -6.38. The minimum Gasteiger partial charge on any atom is -0.435 e.